The first-order chi connectivity index (χ1) is 4.31. The highest BCUT2D eigenvalue weighted by atomic mass is 127. The van der Waals surface area contributed by atoms with Gasteiger partial charge in [0.15, 0.2) is 0 Å². The van der Waals surface area contributed by atoms with Gasteiger partial charge in [-0.25, -0.2) is 0 Å². The second kappa shape index (κ2) is 6.32. The van der Waals surface area contributed by atoms with Crippen molar-refractivity contribution in [3.05, 3.63) is 0 Å². The number of unbranched alkanes of at least 4 members (excludes halogenated alkanes) is 2. The number of hydrogen-bond acceptors (Lipinski definition) is 1. The predicted molar refractivity (Wildman–Crippen MR) is 45.9 cm³/mol. The summed E-state index contributed by atoms with van der Waals surface area (Å²) in [6.45, 7) is 2.97. The maximum atomic E-state index is 9.89. The minimum Gasteiger partial charge on any atom is -0.277 e. The van der Waals surface area contributed by atoms with Crippen molar-refractivity contribution >= 4 is 29.3 Å². The summed E-state index contributed by atoms with van der Waals surface area (Å²) in [4.78, 5) is 9.89. The van der Waals surface area contributed by atoms with Crippen molar-refractivity contribution in [3.8, 4) is 0 Å². The summed E-state index contributed by atoms with van der Waals surface area (Å²) in [5.74, 6) is 0. The van der Waals surface area contributed by atoms with Crippen LogP contribution in [0.3, 0.4) is 0 Å². The Balaban J connectivity index is 2.96. The van der Waals surface area contributed by atoms with E-state index in [1.54, 1.807) is 6.41 Å². The number of hydrogen-bond donors (Lipinski definition) is 0. The average molecular weight is 240 g/mol. The first-order valence-corrected chi connectivity index (χ1v) is 4.08. The lowest BCUT2D eigenvalue weighted by Gasteiger charge is -2.03. The number of amides is 1. The number of rotatable bonds is 5. The third-order valence-electron chi connectivity index (χ3n) is 1.06. The molecule has 0 atom stereocenters. The summed E-state index contributed by atoms with van der Waals surface area (Å²) in [5, 5.41) is 0. The number of nitrogens with zero attached hydrogens (tertiary/aromatic N) is 1. The van der Waals surface area contributed by atoms with E-state index in [4.69, 9.17) is 0 Å². The van der Waals surface area contributed by atoms with E-state index in [0.717, 1.165) is 13.0 Å². The lowest BCUT2D eigenvalue weighted by atomic mass is 10.2. The van der Waals surface area contributed by atoms with E-state index >= 15 is 0 Å². The molecule has 0 aliphatic rings. The number of carbonyl (C=O) groups excluding carboxylic acids is 1. The molecule has 1 radical (unpaired) electrons. The highest BCUT2D eigenvalue weighted by Gasteiger charge is 1.93. The molecule has 0 saturated heterocycles. The molecule has 0 saturated carbocycles. The maximum absolute atomic E-state index is 9.89. The molecule has 53 valence electrons. The van der Waals surface area contributed by atoms with Gasteiger partial charge in [0.25, 0.3) is 0 Å². The Hall–Kier alpha value is 0.200. The maximum Gasteiger partial charge on any atom is 0.321 e. The Morgan fingerprint density at radius 3 is 2.67 bits per heavy atom. The molecule has 0 heterocycles. The van der Waals surface area contributed by atoms with E-state index in [9.17, 15) is 4.79 Å². The van der Waals surface area contributed by atoms with Crippen LogP contribution in [0.5, 0.6) is 0 Å². The van der Waals surface area contributed by atoms with E-state index in [1.807, 2.05) is 22.9 Å². The molecule has 0 unspecified atom stereocenters. The summed E-state index contributed by atoms with van der Waals surface area (Å²) in [7, 11) is 0. The third-order valence-corrected chi connectivity index (χ3v) is 1.74. The lowest BCUT2D eigenvalue weighted by Crippen LogP contribution is -2.09. The van der Waals surface area contributed by atoms with Gasteiger partial charge in [0.05, 0.1) is 22.9 Å². The predicted octanol–water partition coefficient (Wildman–Crippen LogP) is 1.90. The highest BCUT2D eigenvalue weighted by Crippen LogP contribution is 1.99. The Labute approximate surface area is 70.1 Å². The third kappa shape index (κ3) is 6.08. The van der Waals surface area contributed by atoms with Crippen molar-refractivity contribution in [1.29, 1.82) is 0 Å². The highest BCUT2D eigenvalue weighted by molar-refractivity contribution is 14.1. The standard InChI is InChI=1S/C6H11INO/c1-2-3-4-5-8(7)6-9/h2-5H2,1H3. The summed E-state index contributed by atoms with van der Waals surface area (Å²) in [5.41, 5.74) is 0. The molecule has 0 aromatic rings. The fourth-order valence-corrected chi connectivity index (χ4v) is 0.887. The van der Waals surface area contributed by atoms with Gasteiger partial charge in [-0.2, -0.15) is 0 Å². The van der Waals surface area contributed by atoms with Crippen LogP contribution in [0.4, 0.5) is 0 Å². The van der Waals surface area contributed by atoms with Crippen molar-refractivity contribution in [2.45, 2.75) is 26.2 Å². The molecule has 0 N–H and O–H groups in total. The van der Waals surface area contributed by atoms with Gasteiger partial charge in [0.1, 0.15) is 0 Å². The van der Waals surface area contributed by atoms with Crippen molar-refractivity contribution in [2.24, 2.45) is 0 Å². The molecule has 0 aromatic carbocycles. The quantitative estimate of drug-likeness (QED) is 0.311. The van der Waals surface area contributed by atoms with E-state index in [0.29, 0.717) is 0 Å². The Morgan fingerprint density at radius 1 is 1.56 bits per heavy atom. The van der Waals surface area contributed by atoms with Crippen molar-refractivity contribution in [2.75, 3.05) is 6.54 Å². The van der Waals surface area contributed by atoms with Crippen LogP contribution in [0, 0.1) is 0 Å². The minimum atomic E-state index is 0.831. The molecule has 0 fully saturated rings. The fraction of sp³-hybridized carbons (Fsp3) is 0.833. The second-order valence-corrected chi connectivity index (χ2v) is 3.05. The largest absolute Gasteiger partial charge is 0.321 e. The van der Waals surface area contributed by atoms with Gasteiger partial charge in [0.2, 0.25) is 0 Å². The van der Waals surface area contributed by atoms with Crippen LogP contribution in [-0.4, -0.2) is 16.1 Å². The van der Waals surface area contributed by atoms with Gasteiger partial charge in [-0.15, -0.1) is 0 Å². The van der Waals surface area contributed by atoms with Crippen LogP contribution in [0.25, 0.3) is 0 Å². The minimum absolute atomic E-state index is 0.831. The summed E-state index contributed by atoms with van der Waals surface area (Å²) >= 11 is 1.95. The molecule has 0 rings (SSSR count). The van der Waals surface area contributed by atoms with Gasteiger partial charge in [-0.05, 0) is 6.42 Å². The molecular formula is C6H11INO. The summed E-state index contributed by atoms with van der Waals surface area (Å²) < 4.78 is 1.52. The van der Waals surface area contributed by atoms with E-state index < -0.39 is 0 Å². The van der Waals surface area contributed by atoms with Gasteiger partial charge >= 0.3 is 6.41 Å². The number of halogens is 1. The Bertz CT molecular complexity index is 77.5. The molecule has 2 nitrogen and oxygen atoms in total. The van der Waals surface area contributed by atoms with Crippen LogP contribution in [0.15, 0.2) is 0 Å². The van der Waals surface area contributed by atoms with E-state index in [1.165, 1.54) is 16.0 Å². The molecule has 0 aromatic heterocycles. The van der Waals surface area contributed by atoms with E-state index in [-0.39, 0.29) is 0 Å². The topological polar surface area (TPSA) is 20.3 Å². The van der Waals surface area contributed by atoms with Crippen LogP contribution in [-0.2, 0) is 4.79 Å². The smallest absolute Gasteiger partial charge is 0.277 e. The molecule has 0 aliphatic carbocycles. The second-order valence-electron chi connectivity index (χ2n) is 1.88. The normalized spacial score (nSPS) is 9.11. The summed E-state index contributed by atoms with van der Waals surface area (Å²) in [6.07, 6.45) is 5.28. The first-order valence-electron chi connectivity index (χ1n) is 3.12. The Kier molecular flexibility index (Phi) is 6.46. The molecule has 0 spiro atoms. The van der Waals surface area contributed by atoms with Crippen LogP contribution in [0.1, 0.15) is 26.2 Å². The lowest BCUT2D eigenvalue weighted by molar-refractivity contribution is 0.505. The van der Waals surface area contributed by atoms with Crippen LogP contribution < -0.4 is 0 Å². The van der Waals surface area contributed by atoms with Gasteiger partial charge in [-0.3, -0.25) is 7.91 Å². The molecule has 0 aliphatic heterocycles. The zero-order chi connectivity index (χ0) is 7.11. The SMILES string of the molecule is CCCCCN(I)[C]=O. The fourth-order valence-electron chi connectivity index (χ4n) is 0.546. The van der Waals surface area contributed by atoms with Gasteiger partial charge in [0, 0.05) is 6.54 Å². The molecule has 3 heteroatoms. The van der Waals surface area contributed by atoms with Crippen molar-refractivity contribution in [1.82, 2.24) is 3.11 Å². The van der Waals surface area contributed by atoms with Crippen molar-refractivity contribution < 1.29 is 4.79 Å². The van der Waals surface area contributed by atoms with Gasteiger partial charge in [-0.1, -0.05) is 19.8 Å². The molecule has 0 bridgehead atoms. The van der Waals surface area contributed by atoms with Crippen molar-refractivity contribution in [3.63, 3.8) is 0 Å². The first kappa shape index (κ1) is 9.20. The van der Waals surface area contributed by atoms with Crippen LogP contribution >= 0.6 is 22.9 Å². The summed E-state index contributed by atoms with van der Waals surface area (Å²) in [6, 6.07) is 0. The monoisotopic (exact) mass is 240 g/mol. The molecule has 9 heavy (non-hydrogen) atoms. The van der Waals surface area contributed by atoms with Crippen LogP contribution in [0.2, 0.25) is 0 Å². The zero-order valence-corrected chi connectivity index (χ0v) is 7.72. The van der Waals surface area contributed by atoms with Gasteiger partial charge < -0.3 is 0 Å². The molecule has 1 amide bonds. The zero-order valence-electron chi connectivity index (χ0n) is 5.56. The van der Waals surface area contributed by atoms with E-state index in [2.05, 4.69) is 6.92 Å². The Morgan fingerprint density at radius 2 is 2.22 bits per heavy atom. The average Bonchev–Trinajstić information content (AvgIpc) is 1.89. The molecular weight excluding hydrogens is 229 g/mol.